The van der Waals surface area contributed by atoms with E-state index >= 15 is 0 Å². The zero-order valence-electron chi connectivity index (χ0n) is 10.8. The van der Waals surface area contributed by atoms with E-state index in [-0.39, 0.29) is 28.9 Å². The van der Waals surface area contributed by atoms with Crippen LogP contribution in [-0.2, 0) is 14.8 Å². The lowest BCUT2D eigenvalue weighted by molar-refractivity contribution is -0.137. The maximum atomic E-state index is 12.7. The molecule has 0 unspecified atom stereocenters. The topological polar surface area (TPSA) is 74.7 Å². The molecule has 1 aromatic heterocycles. The Labute approximate surface area is 127 Å². The lowest BCUT2D eigenvalue weighted by atomic mass is 10.2. The van der Waals surface area contributed by atoms with Gasteiger partial charge in [-0.3, -0.25) is 4.79 Å². The molecule has 5 nitrogen and oxygen atoms in total. The molecule has 1 aliphatic rings. The van der Waals surface area contributed by atoms with E-state index in [1.165, 1.54) is 21.0 Å². The molecule has 1 fully saturated rings. The number of carboxylic acids is 1. The molecule has 0 saturated heterocycles. The molecule has 1 aromatic rings. The molecule has 1 N–H and O–H groups in total. The van der Waals surface area contributed by atoms with Crippen LogP contribution in [0.4, 0.5) is 0 Å². The van der Waals surface area contributed by atoms with Gasteiger partial charge in [-0.1, -0.05) is 24.4 Å². The van der Waals surface area contributed by atoms with Crippen LogP contribution in [0.15, 0.2) is 15.7 Å². The molecule has 0 amide bonds. The van der Waals surface area contributed by atoms with Crippen LogP contribution in [-0.4, -0.2) is 36.4 Å². The SMILES string of the molecule is O=C(O)CCN(C1CCCC1)S(=O)(=O)c1cscc1Cl. The van der Waals surface area contributed by atoms with E-state index in [4.69, 9.17) is 16.7 Å². The average Bonchev–Trinajstić information content (AvgIpc) is 2.99. The normalized spacial score (nSPS) is 16.9. The first kappa shape index (κ1) is 15.8. The first-order chi connectivity index (χ1) is 9.43. The van der Waals surface area contributed by atoms with Gasteiger partial charge in [-0.15, -0.1) is 11.3 Å². The monoisotopic (exact) mass is 337 g/mol. The number of sulfonamides is 1. The fourth-order valence-electron chi connectivity index (χ4n) is 2.48. The maximum Gasteiger partial charge on any atom is 0.304 e. The standard InChI is InChI=1S/C12H16ClNO4S2/c13-10-7-19-8-11(10)20(17,18)14(6-5-12(15)16)9-3-1-2-4-9/h7-9H,1-6H2,(H,15,16). The lowest BCUT2D eigenvalue weighted by Crippen LogP contribution is -2.40. The number of carboxylic acid groups (broad SMARTS) is 1. The van der Waals surface area contributed by atoms with E-state index in [0.717, 1.165) is 25.7 Å². The zero-order chi connectivity index (χ0) is 14.8. The molecule has 2 rings (SSSR count). The van der Waals surface area contributed by atoms with Gasteiger partial charge in [-0.2, -0.15) is 4.31 Å². The van der Waals surface area contributed by atoms with Crippen molar-refractivity contribution in [3.05, 3.63) is 15.8 Å². The molecule has 1 saturated carbocycles. The Bertz CT molecular complexity index is 578. The van der Waals surface area contributed by atoms with Crippen molar-refractivity contribution in [1.29, 1.82) is 0 Å². The third-order valence-electron chi connectivity index (χ3n) is 3.45. The van der Waals surface area contributed by atoms with Gasteiger partial charge < -0.3 is 5.11 Å². The van der Waals surface area contributed by atoms with E-state index in [1.807, 2.05) is 0 Å². The van der Waals surface area contributed by atoms with Crippen LogP contribution in [0.5, 0.6) is 0 Å². The molecule has 20 heavy (non-hydrogen) atoms. The molecule has 0 atom stereocenters. The minimum Gasteiger partial charge on any atom is -0.481 e. The highest BCUT2D eigenvalue weighted by Crippen LogP contribution is 2.33. The molecule has 0 radical (unpaired) electrons. The van der Waals surface area contributed by atoms with Crippen molar-refractivity contribution in [2.24, 2.45) is 0 Å². The van der Waals surface area contributed by atoms with Crippen molar-refractivity contribution in [3.63, 3.8) is 0 Å². The summed E-state index contributed by atoms with van der Waals surface area (Å²) in [7, 11) is -3.72. The highest BCUT2D eigenvalue weighted by Gasteiger charge is 2.34. The molecule has 8 heteroatoms. The first-order valence-corrected chi connectivity index (χ1v) is 9.14. The van der Waals surface area contributed by atoms with Crippen LogP contribution in [0, 0.1) is 0 Å². The van der Waals surface area contributed by atoms with Gasteiger partial charge in [0.1, 0.15) is 4.90 Å². The Morgan fingerprint density at radius 2 is 2.05 bits per heavy atom. The average molecular weight is 338 g/mol. The summed E-state index contributed by atoms with van der Waals surface area (Å²) in [6.45, 7) is -0.00545. The van der Waals surface area contributed by atoms with E-state index < -0.39 is 16.0 Å². The summed E-state index contributed by atoms with van der Waals surface area (Å²) in [6.07, 6.45) is 3.31. The van der Waals surface area contributed by atoms with Gasteiger partial charge in [0.15, 0.2) is 0 Å². The predicted octanol–water partition coefficient (Wildman–Crippen LogP) is 2.81. The maximum absolute atomic E-state index is 12.7. The van der Waals surface area contributed by atoms with Crippen molar-refractivity contribution in [2.75, 3.05) is 6.54 Å². The van der Waals surface area contributed by atoms with Gasteiger partial charge in [-0.05, 0) is 12.8 Å². The second-order valence-electron chi connectivity index (χ2n) is 4.78. The van der Waals surface area contributed by atoms with E-state index in [1.54, 1.807) is 5.38 Å². The van der Waals surface area contributed by atoms with Crippen molar-refractivity contribution >= 4 is 38.9 Å². The fraction of sp³-hybridized carbons (Fsp3) is 0.583. The Morgan fingerprint density at radius 3 is 2.55 bits per heavy atom. The number of aliphatic carboxylic acids is 1. The molecule has 112 valence electrons. The number of carbonyl (C=O) groups is 1. The first-order valence-electron chi connectivity index (χ1n) is 6.38. The Kier molecular flexibility index (Phi) is 5.06. The number of nitrogens with zero attached hydrogens (tertiary/aromatic N) is 1. The lowest BCUT2D eigenvalue weighted by Gasteiger charge is -2.27. The number of thiophene rings is 1. The van der Waals surface area contributed by atoms with Gasteiger partial charge in [0, 0.05) is 23.3 Å². The summed E-state index contributed by atoms with van der Waals surface area (Å²) in [5, 5.41) is 12.1. The second-order valence-corrected chi connectivity index (χ2v) is 7.79. The Balaban J connectivity index is 2.29. The van der Waals surface area contributed by atoms with E-state index in [2.05, 4.69) is 0 Å². The minimum absolute atomic E-state index is 0.00545. The van der Waals surface area contributed by atoms with Crippen LogP contribution in [0.2, 0.25) is 5.02 Å². The third-order valence-corrected chi connectivity index (χ3v) is 6.89. The molecule has 0 spiro atoms. The van der Waals surface area contributed by atoms with Gasteiger partial charge in [-0.25, -0.2) is 8.42 Å². The quantitative estimate of drug-likeness (QED) is 0.866. The van der Waals surface area contributed by atoms with Crippen LogP contribution in [0.25, 0.3) is 0 Å². The number of hydrogen-bond acceptors (Lipinski definition) is 4. The molecule has 1 aliphatic carbocycles. The van der Waals surface area contributed by atoms with Crippen molar-refractivity contribution in [2.45, 2.75) is 43.0 Å². The van der Waals surface area contributed by atoms with E-state index in [9.17, 15) is 13.2 Å². The van der Waals surface area contributed by atoms with Crippen LogP contribution >= 0.6 is 22.9 Å². The molecule has 0 aromatic carbocycles. The molecular formula is C12H16ClNO4S2. The van der Waals surface area contributed by atoms with Gasteiger partial charge >= 0.3 is 5.97 Å². The molecule has 1 heterocycles. The summed E-state index contributed by atoms with van der Waals surface area (Å²) in [4.78, 5) is 10.8. The van der Waals surface area contributed by atoms with E-state index in [0.29, 0.717) is 0 Å². The van der Waals surface area contributed by atoms with Crippen molar-refractivity contribution < 1.29 is 18.3 Å². The van der Waals surface area contributed by atoms with Crippen LogP contribution in [0.1, 0.15) is 32.1 Å². The fourth-order valence-corrected chi connectivity index (χ4v) is 5.83. The number of halogens is 1. The van der Waals surface area contributed by atoms with Gasteiger partial charge in [0.2, 0.25) is 10.0 Å². The number of hydrogen-bond donors (Lipinski definition) is 1. The summed E-state index contributed by atoms with van der Waals surface area (Å²) in [5.41, 5.74) is 0. The van der Waals surface area contributed by atoms with Gasteiger partial charge in [0.25, 0.3) is 0 Å². The molecule has 0 bridgehead atoms. The Morgan fingerprint density at radius 1 is 1.40 bits per heavy atom. The highest BCUT2D eigenvalue weighted by atomic mass is 35.5. The third kappa shape index (κ3) is 3.33. The van der Waals surface area contributed by atoms with Crippen molar-refractivity contribution in [3.8, 4) is 0 Å². The van der Waals surface area contributed by atoms with Crippen LogP contribution < -0.4 is 0 Å². The predicted molar refractivity (Wildman–Crippen MR) is 77.7 cm³/mol. The summed E-state index contributed by atoms with van der Waals surface area (Å²) >= 11 is 7.15. The second kappa shape index (κ2) is 6.43. The smallest absolute Gasteiger partial charge is 0.304 e. The largest absolute Gasteiger partial charge is 0.481 e. The minimum atomic E-state index is -3.72. The Hall–Kier alpha value is -0.630. The highest BCUT2D eigenvalue weighted by molar-refractivity contribution is 7.89. The van der Waals surface area contributed by atoms with Crippen LogP contribution in [0.3, 0.4) is 0 Å². The van der Waals surface area contributed by atoms with Gasteiger partial charge in [0.05, 0.1) is 11.4 Å². The number of rotatable bonds is 6. The zero-order valence-corrected chi connectivity index (χ0v) is 13.2. The summed E-state index contributed by atoms with van der Waals surface area (Å²) in [6, 6.07) is -0.115. The van der Waals surface area contributed by atoms with Crippen molar-refractivity contribution in [1.82, 2.24) is 4.31 Å². The molecular weight excluding hydrogens is 322 g/mol. The summed E-state index contributed by atoms with van der Waals surface area (Å²) in [5.74, 6) is -1.00. The molecule has 0 aliphatic heterocycles. The summed E-state index contributed by atoms with van der Waals surface area (Å²) < 4.78 is 26.7.